The first-order chi connectivity index (χ1) is 9.75. The Balaban J connectivity index is 3.31. The van der Waals surface area contributed by atoms with Crippen molar-refractivity contribution in [2.24, 2.45) is 0 Å². The molecule has 1 aromatic carbocycles. The van der Waals surface area contributed by atoms with Crippen molar-refractivity contribution in [3.8, 4) is 0 Å². The van der Waals surface area contributed by atoms with Crippen LogP contribution in [0.4, 0.5) is 4.39 Å². The van der Waals surface area contributed by atoms with Gasteiger partial charge in [0.05, 0.1) is 0 Å². The Hall–Kier alpha value is -0.500. The minimum atomic E-state index is -3.85. The summed E-state index contributed by atoms with van der Waals surface area (Å²) >= 11 is 3.25. The maximum Gasteiger partial charge on any atom is 0.246 e. The molecule has 1 unspecified atom stereocenters. The van der Waals surface area contributed by atoms with Crippen molar-refractivity contribution in [2.75, 3.05) is 14.1 Å². The molecule has 1 N–H and O–H groups in total. The molecule has 7 heteroatoms. The summed E-state index contributed by atoms with van der Waals surface area (Å²) in [5.74, 6) is -0.692. The van der Waals surface area contributed by atoms with Gasteiger partial charge in [-0.1, -0.05) is 29.3 Å². The van der Waals surface area contributed by atoms with Crippen molar-refractivity contribution in [2.45, 2.75) is 44.2 Å². The lowest BCUT2D eigenvalue weighted by molar-refractivity contribution is 0.366. The van der Waals surface area contributed by atoms with Gasteiger partial charge in [0.15, 0.2) is 0 Å². The number of nitrogens with one attached hydrogen (secondary N) is 1. The molecule has 0 amide bonds. The zero-order valence-electron chi connectivity index (χ0n) is 12.8. The molecule has 0 aromatic heterocycles. The van der Waals surface area contributed by atoms with Crippen LogP contribution in [-0.4, -0.2) is 32.9 Å². The maximum atomic E-state index is 14.5. The zero-order chi connectivity index (χ0) is 16.2. The quantitative estimate of drug-likeness (QED) is 0.790. The molecule has 0 fully saturated rings. The molecular weight excluding hydrogens is 359 g/mol. The maximum absolute atomic E-state index is 14.5. The summed E-state index contributed by atoms with van der Waals surface area (Å²) in [6.45, 7) is 4.08. The molecule has 120 valence electrons. The molecule has 4 nitrogen and oxygen atoms in total. The van der Waals surface area contributed by atoms with Crippen LogP contribution in [0.15, 0.2) is 21.5 Å². The van der Waals surface area contributed by atoms with Gasteiger partial charge in [0.1, 0.15) is 10.7 Å². The molecule has 0 spiro atoms. The number of benzene rings is 1. The van der Waals surface area contributed by atoms with Gasteiger partial charge in [-0.2, -0.15) is 4.31 Å². The molecule has 0 saturated heterocycles. The summed E-state index contributed by atoms with van der Waals surface area (Å²) in [6.07, 6.45) is 1.60. The SMILES string of the molecule is CCCC(C)N(C)S(=O)(=O)c1cc(Br)cc(CNC)c1F. The average molecular weight is 381 g/mol. The van der Waals surface area contributed by atoms with Crippen LogP contribution < -0.4 is 5.32 Å². The molecule has 0 heterocycles. The van der Waals surface area contributed by atoms with E-state index >= 15 is 0 Å². The Morgan fingerprint density at radius 3 is 2.57 bits per heavy atom. The van der Waals surface area contributed by atoms with Gasteiger partial charge in [-0.3, -0.25) is 0 Å². The Labute approximate surface area is 134 Å². The van der Waals surface area contributed by atoms with Gasteiger partial charge in [-0.25, -0.2) is 12.8 Å². The third-order valence-electron chi connectivity index (χ3n) is 3.43. The van der Waals surface area contributed by atoms with Crippen LogP contribution in [0, 0.1) is 5.82 Å². The second-order valence-corrected chi connectivity index (χ2v) is 7.95. The molecule has 1 aromatic rings. The van der Waals surface area contributed by atoms with E-state index in [0.717, 1.165) is 12.8 Å². The fraction of sp³-hybridized carbons (Fsp3) is 0.571. The largest absolute Gasteiger partial charge is 0.316 e. The van der Waals surface area contributed by atoms with Gasteiger partial charge in [-0.15, -0.1) is 0 Å². The molecule has 0 aliphatic carbocycles. The molecule has 1 rings (SSSR count). The highest BCUT2D eigenvalue weighted by Crippen LogP contribution is 2.27. The summed E-state index contributed by atoms with van der Waals surface area (Å²) in [4.78, 5) is -0.285. The van der Waals surface area contributed by atoms with Gasteiger partial charge in [0, 0.05) is 29.7 Å². The van der Waals surface area contributed by atoms with Crippen LogP contribution in [0.3, 0.4) is 0 Å². The predicted octanol–water partition coefficient (Wildman–Crippen LogP) is 3.12. The van der Waals surface area contributed by atoms with Gasteiger partial charge >= 0.3 is 0 Å². The second kappa shape index (κ2) is 7.67. The topological polar surface area (TPSA) is 49.4 Å². The monoisotopic (exact) mass is 380 g/mol. The average Bonchev–Trinajstić information content (AvgIpc) is 2.41. The highest BCUT2D eigenvalue weighted by atomic mass is 79.9. The molecule has 0 aliphatic heterocycles. The number of halogens is 2. The van der Waals surface area contributed by atoms with E-state index in [1.807, 2.05) is 13.8 Å². The Morgan fingerprint density at radius 1 is 1.43 bits per heavy atom. The summed E-state index contributed by atoms with van der Waals surface area (Å²) in [6, 6.07) is 2.73. The van der Waals surface area contributed by atoms with E-state index in [4.69, 9.17) is 0 Å². The molecule has 21 heavy (non-hydrogen) atoms. The Bertz CT molecular complexity index is 593. The van der Waals surface area contributed by atoms with E-state index in [2.05, 4.69) is 21.2 Å². The lowest BCUT2D eigenvalue weighted by atomic mass is 10.2. The van der Waals surface area contributed by atoms with Gasteiger partial charge < -0.3 is 5.32 Å². The first-order valence-electron chi connectivity index (χ1n) is 6.86. The van der Waals surface area contributed by atoms with Crippen molar-refractivity contribution in [3.05, 3.63) is 28.0 Å². The van der Waals surface area contributed by atoms with E-state index in [-0.39, 0.29) is 17.5 Å². The van der Waals surface area contributed by atoms with Crippen LogP contribution in [0.5, 0.6) is 0 Å². The van der Waals surface area contributed by atoms with Crippen molar-refractivity contribution < 1.29 is 12.8 Å². The second-order valence-electron chi connectivity index (χ2n) is 5.07. The van der Waals surface area contributed by atoms with Crippen molar-refractivity contribution >= 4 is 26.0 Å². The normalized spacial score (nSPS) is 13.7. The number of hydrogen-bond acceptors (Lipinski definition) is 3. The van der Waals surface area contributed by atoms with E-state index in [9.17, 15) is 12.8 Å². The van der Waals surface area contributed by atoms with Crippen LogP contribution in [-0.2, 0) is 16.6 Å². The highest BCUT2D eigenvalue weighted by molar-refractivity contribution is 9.10. The smallest absolute Gasteiger partial charge is 0.246 e. The minimum Gasteiger partial charge on any atom is -0.316 e. The Kier molecular flexibility index (Phi) is 6.77. The first kappa shape index (κ1) is 18.5. The van der Waals surface area contributed by atoms with E-state index in [0.29, 0.717) is 10.0 Å². The fourth-order valence-electron chi connectivity index (χ4n) is 2.12. The molecule has 1 atom stereocenters. The number of rotatable bonds is 7. The van der Waals surface area contributed by atoms with Crippen LogP contribution >= 0.6 is 15.9 Å². The van der Waals surface area contributed by atoms with E-state index < -0.39 is 15.8 Å². The van der Waals surface area contributed by atoms with Crippen molar-refractivity contribution in [1.29, 1.82) is 0 Å². The Morgan fingerprint density at radius 2 is 2.05 bits per heavy atom. The van der Waals surface area contributed by atoms with E-state index in [1.165, 1.54) is 17.4 Å². The molecule has 0 radical (unpaired) electrons. The molecule has 0 bridgehead atoms. The third-order valence-corrected chi connectivity index (χ3v) is 5.86. The number of nitrogens with zero attached hydrogens (tertiary/aromatic N) is 1. The standard InChI is InChI=1S/C14H22BrFN2O2S/c1-5-6-10(2)18(4)21(19,20)13-8-12(15)7-11(9-17-3)14(13)16/h7-8,10,17H,5-6,9H2,1-4H3. The summed E-state index contributed by atoms with van der Waals surface area (Å²) in [5, 5.41) is 2.83. The van der Waals surface area contributed by atoms with E-state index in [1.54, 1.807) is 13.1 Å². The molecule has 0 aliphatic rings. The fourth-order valence-corrected chi connectivity index (χ4v) is 4.30. The summed E-state index contributed by atoms with van der Waals surface area (Å²) < 4.78 is 41.5. The molecular formula is C14H22BrFN2O2S. The first-order valence-corrected chi connectivity index (χ1v) is 9.09. The van der Waals surface area contributed by atoms with Crippen molar-refractivity contribution in [1.82, 2.24) is 9.62 Å². The van der Waals surface area contributed by atoms with Gasteiger partial charge in [0.25, 0.3) is 0 Å². The van der Waals surface area contributed by atoms with Crippen molar-refractivity contribution in [3.63, 3.8) is 0 Å². The zero-order valence-corrected chi connectivity index (χ0v) is 15.2. The highest BCUT2D eigenvalue weighted by Gasteiger charge is 2.29. The third kappa shape index (κ3) is 4.25. The number of sulfonamides is 1. The lowest BCUT2D eigenvalue weighted by Gasteiger charge is -2.24. The van der Waals surface area contributed by atoms with Crippen LogP contribution in [0.25, 0.3) is 0 Å². The van der Waals surface area contributed by atoms with Crippen LogP contribution in [0.1, 0.15) is 32.3 Å². The van der Waals surface area contributed by atoms with Gasteiger partial charge in [0.2, 0.25) is 10.0 Å². The molecule has 0 saturated carbocycles. The van der Waals surface area contributed by atoms with Crippen LogP contribution in [0.2, 0.25) is 0 Å². The summed E-state index contributed by atoms with van der Waals surface area (Å²) in [5.41, 5.74) is 0.321. The predicted molar refractivity (Wildman–Crippen MR) is 86.2 cm³/mol. The summed E-state index contributed by atoms with van der Waals surface area (Å²) in [7, 11) is -0.676. The lowest BCUT2D eigenvalue weighted by Crippen LogP contribution is -2.35. The van der Waals surface area contributed by atoms with Gasteiger partial charge in [-0.05, 0) is 32.5 Å². The minimum absolute atomic E-state index is 0.175. The number of hydrogen-bond donors (Lipinski definition) is 1.